The molecule has 8 nitrogen and oxygen atoms in total. The Bertz CT molecular complexity index is 1860. The van der Waals surface area contributed by atoms with E-state index >= 15 is 0 Å². The fraction of sp³-hybridized carbons (Fsp3) is 0.289. The highest BCUT2D eigenvalue weighted by Gasteiger charge is 2.34. The molecule has 2 aliphatic rings. The van der Waals surface area contributed by atoms with Crippen LogP contribution in [0.4, 0.5) is 5.69 Å². The highest BCUT2D eigenvalue weighted by atomic mass is 16.5. The predicted octanol–water partition coefficient (Wildman–Crippen LogP) is 6.72. The summed E-state index contributed by atoms with van der Waals surface area (Å²) >= 11 is 0. The van der Waals surface area contributed by atoms with Crippen LogP contribution in [0, 0.1) is 13.8 Å². The zero-order valence-electron chi connectivity index (χ0n) is 26.7. The minimum atomic E-state index is -0.207. The van der Waals surface area contributed by atoms with Crippen molar-refractivity contribution in [2.75, 3.05) is 51.3 Å². The first-order valence-corrected chi connectivity index (χ1v) is 16.1. The van der Waals surface area contributed by atoms with Crippen LogP contribution in [0.1, 0.15) is 44.7 Å². The summed E-state index contributed by atoms with van der Waals surface area (Å²) in [6.07, 6.45) is 5.40. The van der Waals surface area contributed by atoms with Gasteiger partial charge in [-0.1, -0.05) is 24.3 Å². The largest absolute Gasteiger partial charge is 0.494 e. The van der Waals surface area contributed by atoms with Gasteiger partial charge in [-0.3, -0.25) is 14.5 Å². The summed E-state index contributed by atoms with van der Waals surface area (Å²) in [6, 6.07) is 21.9. The van der Waals surface area contributed by atoms with E-state index in [1.807, 2.05) is 24.5 Å². The Morgan fingerprint density at radius 1 is 0.783 bits per heavy atom. The molecule has 2 aromatic heterocycles. The zero-order chi connectivity index (χ0) is 31.8. The van der Waals surface area contributed by atoms with Gasteiger partial charge in [0.2, 0.25) is 0 Å². The first kappa shape index (κ1) is 29.7. The van der Waals surface area contributed by atoms with E-state index in [0.29, 0.717) is 30.7 Å². The van der Waals surface area contributed by atoms with Crippen LogP contribution in [-0.2, 0) is 0 Å². The second-order valence-corrected chi connectivity index (χ2v) is 12.5. The van der Waals surface area contributed by atoms with Gasteiger partial charge in [0.25, 0.3) is 11.8 Å². The van der Waals surface area contributed by atoms with Gasteiger partial charge in [-0.05, 0) is 98.5 Å². The molecule has 0 bridgehead atoms. The minimum Gasteiger partial charge on any atom is -0.494 e. The van der Waals surface area contributed by atoms with Crippen molar-refractivity contribution in [2.24, 2.45) is 0 Å². The number of benzene rings is 3. The summed E-state index contributed by atoms with van der Waals surface area (Å²) in [4.78, 5) is 39.5. The van der Waals surface area contributed by atoms with Crippen molar-refractivity contribution in [2.45, 2.75) is 26.7 Å². The number of anilines is 1. The van der Waals surface area contributed by atoms with Gasteiger partial charge in [0.05, 0.1) is 17.7 Å². The van der Waals surface area contributed by atoms with Gasteiger partial charge in [0.15, 0.2) is 0 Å². The Hall–Kier alpha value is -4.95. The number of H-pyrrole nitrogens is 1. The van der Waals surface area contributed by atoms with Gasteiger partial charge in [-0.2, -0.15) is 0 Å². The van der Waals surface area contributed by atoms with Crippen LogP contribution < -0.4 is 9.64 Å². The molecular formula is C38H39N5O3. The van der Waals surface area contributed by atoms with Gasteiger partial charge < -0.3 is 19.5 Å². The van der Waals surface area contributed by atoms with E-state index in [9.17, 15) is 9.59 Å². The van der Waals surface area contributed by atoms with E-state index in [-0.39, 0.29) is 11.8 Å². The van der Waals surface area contributed by atoms with Crippen molar-refractivity contribution in [3.05, 3.63) is 101 Å². The number of nitrogens with zero attached hydrogens (tertiary/aromatic N) is 4. The number of pyridine rings is 1. The molecule has 3 aromatic carbocycles. The number of likely N-dealkylation sites (N-methyl/N-ethyl adjacent to an activating group) is 1. The average Bonchev–Trinajstić information content (AvgIpc) is 3.60. The number of carbonyl (C=O) groups is 2. The van der Waals surface area contributed by atoms with Crippen LogP contribution in [0.3, 0.4) is 0 Å². The highest BCUT2D eigenvalue weighted by molar-refractivity contribution is 6.21. The number of carbonyl (C=O) groups excluding carboxylic acids is 2. The minimum absolute atomic E-state index is 0.207. The second kappa shape index (κ2) is 12.4. The van der Waals surface area contributed by atoms with Gasteiger partial charge >= 0.3 is 0 Å². The lowest BCUT2D eigenvalue weighted by Gasteiger charge is -2.36. The topological polar surface area (TPSA) is 81.8 Å². The number of hydrogen-bond donors (Lipinski definition) is 1. The Labute approximate surface area is 269 Å². The maximum atomic E-state index is 12.6. The second-order valence-electron chi connectivity index (χ2n) is 12.5. The van der Waals surface area contributed by atoms with Crippen molar-refractivity contribution < 1.29 is 14.3 Å². The van der Waals surface area contributed by atoms with Crippen molar-refractivity contribution in [1.29, 1.82) is 0 Å². The van der Waals surface area contributed by atoms with E-state index in [1.165, 1.54) is 27.3 Å². The Balaban J connectivity index is 0.991. The average molecular weight is 614 g/mol. The van der Waals surface area contributed by atoms with Crippen molar-refractivity contribution >= 4 is 28.5 Å². The van der Waals surface area contributed by atoms with E-state index in [0.717, 1.165) is 66.1 Å². The van der Waals surface area contributed by atoms with Crippen LogP contribution in [0.2, 0.25) is 0 Å². The molecule has 0 radical (unpaired) electrons. The standard InChI is InChI=1S/C38H39N5O3/c1-25-20-28(21-26(2)35(25)42-17-15-41(3)16-18-42)29-22-33-34(24-40-36(33)39-23-29)27-10-12-30(13-11-27)46-19-7-6-14-43-37(44)31-8-4-5-9-32(31)38(43)45/h4-5,8-13,20-24H,6-7,14-19H2,1-3H3,(H,39,40). The number of rotatable bonds is 9. The van der Waals surface area contributed by atoms with Crippen LogP contribution in [-0.4, -0.2) is 78.0 Å². The normalized spacial score (nSPS) is 15.2. The molecule has 4 heterocycles. The van der Waals surface area contributed by atoms with Crippen molar-refractivity contribution in [1.82, 2.24) is 19.8 Å². The smallest absolute Gasteiger partial charge is 0.261 e. The van der Waals surface area contributed by atoms with E-state index < -0.39 is 0 Å². The number of nitrogens with one attached hydrogen (secondary N) is 1. The Kier molecular flexibility index (Phi) is 8.05. The maximum Gasteiger partial charge on any atom is 0.261 e. The molecule has 5 aromatic rings. The number of aryl methyl sites for hydroxylation is 2. The van der Waals surface area contributed by atoms with E-state index in [1.54, 1.807) is 24.3 Å². The van der Waals surface area contributed by atoms with Crippen molar-refractivity contribution in [3.8, 4) is 28.0 Å². The number of hydrogen-bond acceptors (Lipinski definition) is 6. The summed E-state index contributed by atoms with van der Waals surface area (Å²) in [6.45, 7) is 9.63. The van der Waals surface area contributed by atoms with Gasteiger partial charge in [-0.15, -0.1) is 0 Å². The molecule has 2 amide bonds. The summed E-state index contributed by atoms with van der Waals surface area (Å²) in [5.41, 5.74) is 10.3. The molecule has 0 atom stereocenters. The molecular weight excluding hydrogens is 574 g/mol. The fourth-order valence-electron chi connectivity index (χ4n) is 6.79. The van der Waals surface area contributed by atoms with Crippen LogP contribution in [0.5, 0.6) is 5.75 Å². The lowest BCUT2D eigenvalue weighted by molar-refractivity contribution is 0.0649. The molecule has 46 heavy (non-hydrogen) atoms. The number of piperazine rings is 1. The number of unbranched alkanes of at least 4 members (excludes halogenated alkanes) is 1. The van der Waals surface area contributed by atoms with Crippen LogP contribution in [0.25, 0.3) is 33.3 Å². The third-order valence-electron chi connectivity index (χ3n) is 9.26. The Morgan fingerprint density at radius 2 is 1.46 bits per heavy atom. The van der Waals surface area contributed by atoms with Crippen LogP contribution in [0.15, 0.2) is 79.1 Å². The summed E-state index contributed by atoms with van der Waals surface area (Å²) in [5.74, 6) is 0.372. The molecule has 0 saturated carbocycles. The molecule has 2 aliphatic heterocycles. The summed E-state index contributed by atoms with van der Waals surface area (Å²) in [7, 11) is 2.19. The maximum absolute atomic E-state index is 12.6. The molecule has 0 unspecified atom stereocenters. The SMILES string of the molecule is Cc1cc(-c2cnc3[nH]cc(-c4ccc(OCCCCN5C(=O)c6ccccc6C5=O)cc4)c3c2)cc(C)c1N1CCN(C)CC1. The molecule has 0 spiro atoms. The van der Waals surface area contributed by atoms with Gasteiger partial charge in [0.1, 0.15) is 11.4 Å². The first-order chi connectivity index (χ1) is 22.4. The monoisotopic (exact) mass is 613 g/mol. The van der Waals surface area contributed by atoms with Crippen LogP contribution >= 0.6 is 0 Å². The predicted molar refractivity (Wildman–Crippen MR) is 183 cm³/mol. The summed E-state index contributed by atoms with van der Waals surface area (Å²) in [5, 5.41) is 1.08. The number of aromatic amines is 1. The van der Waals surface area contributed by atoms with E-state index in [2.05, 4.69) is 66.0 Å². The molecule has 8 heteroatoms. The number of aromatic nitrogens is 2. The quantitative estimate of drug-likeness (QED) is 0.147. The third-order valence-corrected chi connectivity index (χ3v) is 9.26. The number of amides is 2. The number of imide groups is 1. The molecule has 0 aliphatic carbocycles. The first-order valence-electron chi connectivity index (χ1n) is 16.1. The van der Waals surface area contributed by atoms with Gasteiger partial charge in [0, 0.05) is 67.3 Å². The van der Waals surface area contributed by atoms with Gasteiger partial charge in [-0.25, -0.2) is 4.98 Å². The summed E-state index contributed by atoms with van der Waals surface area (Å²) < 4.78 is 5.99. The van der Waals surface area contributed by atoms with Crippen molar-refractivity contribution in [3.63, 3.8) is 0 Å². The third kappa shape index (κ3) is 5.65. The number of fused-ring (bicyclic) bond motifs is 2. The zero-order valence-corrected chi connectivity index (χ0v) is 26.7. The molecule has 7 rings (SSSR count). The molecule has 234 valence electrons. The fourth-order valence-corrected chi connectivity index (χ4v) is 6.79. The van der Waals surface area contributed by atoms with E-state index in [4.69, 9.17) is 9.72 Å². The molecule has 1 saturated heterocycles. The Morgan fingerprint density at radius 3 is 2.13 bits per heavy atom. The highest BCUT2D eigenvalue weighted by Crippen LogP contribution is 2.35. The molecule has 1 N–H and O–H groups in total. The lowest BCUT2D eigenvalue weighted by atomic mass is 9.97. The number of ether oxygens (including phenoxy) is 1. The lowest BCUT2D eigenvalue weighted by Crippen LogP contribution is -2.45. The molecule has 1 fully saturated rings.